The SMILES string of the molecule is CCOC(=O)[C@H](O)[C@@H](O)c1cc2c(cc1[N+](=O)[O-])OCO2. The van der Waals surface area contributed by atoms with Gasteiger partial charge in [-0.3, -0.25) is 10.1 Å². The Kier molecular flexibility index (Phi) is 4.24. The number of aliphatic hydroxyl groups is 2. The summed E-state index contributed by atoms with van der Waals surface area (Å²) in [5, 5.41) is 30.7. The van der Waals surface area contributed by atoms with E-state index in [9.17, 15) is 25.1 Å². The van der Waals surface area contributed by atoms with Crippen molar-refractivity contribution in [3.05, 3.63) is 27.8 Å². The van der Waals surface area contributed by atoms with Crippen LogP contribution in [0.3, 0.4) is 0 Å². The molecule has 0 unspecified atom stereocenters. The van der Waals surface area contributed by atoms with Gasteiger partial charge in [0.1, 0.15) is 6.10 Å². The Labute approximate surface area is 118 Å². The van der Waals surface area contributed by atoms with Crippen LogP contribution < -0.4 is 9.47 Å². The van der Waals surface area contributed by atoms with Crippen molar-refractivity contribution in [3.63, 3.8) is 0 Å². The first-order valence-corrected chi connectivity index (χ1v) is 6.06. The second-order valence-electron chi connectivity index (χ2n) is 4.16. The van der Waals surface area contributed by atoms with E-state index in [1.165, 1.54) is 6.92 Å². The van der Waals surface area contributed by atoms with Crippen LogP contribution in [0.4, 0.5) is 5.69 Å². The normalized spacial score (nSPS) is 15.4. The van der Waals surface area contributed by atoms with Crippen LogP contribution in [0.5, 0.6) is 11.5 Å². The number of carbonyl (C=O) groups excluding carboxylic acids is 1. The fourth-order valence-electron chi connectivity index (χ4n) is 1.87. The highest BCUT2D eigenvalue weighted by atomic mass is 16.7. The molecule has 1 aromatic carbocycles. The first-order valence-electron chi connectivity index (χ1n) is 6.06. The minimum atomic E-state index is -1.94. The standard InChI is InChI=1S/C12H13NO8/c1-2-19-12(16)11(15)10(14)6-3-8-9(21-5-20-8)4-7(6)13(17)18/h3-4,10-11,14-15H,2,5H2,1H3/t10-,11+/m0/s1. The Hall–Kier alpha value is -2.39. The molecule has 1 aromatic rings. The summed E-state index contributed by atoms with van der Waals surface area (Å²) in [6.45, 7) is 1.43. The highest BCUT2D eigenvalue weighted by molar-refractivity contribution is 5.76. The minimum Gasteiger partial charge on any atom is -0.464 e. The molecule has 0 bridgehead atoms. The van der Waals surface area contributed by atoms with Crippen molar-refractivity contribution in [2.75, 3.05) is 13.4 Å². The van der Waals surface area contributed by atoms with Crippen LogP contribution in [0, 0.1) is 10.1 Å². The Morgan fingerprint density at radius 2 is 2.05 bits per heavy atom. The smallest absolute Gasteiger partial charge is 0.338 e. The van der Waals surface area contributed by atoms with Gasteiger partial charge in [-0.25, -0.2) is 4.79 Å². The van der Waals surface area contributed by atoms with E-state index in [0.717, 1.165) is 12.1 Å². The summed E-state index contributed by atoms with van der Waals surface area (Å²) in [4.78, 5) is 21.7. The number of carbonyl (C=O) groups is 1. The predicted molar refractivity (Wildman–Crippen MR) is 66.8 cm³/mol. The first kappa shape index (κ1) is 15.0. The van der Waals surface area contributed by atoms with Crippen molar-refractivity contribution in [2.45, 2.75) is 19.1 Å². The van der Waals surface area contributed by atoms with E-state index in [4.69, 9.17) is 9.47 Å². The second-order valence-corrected chi connectivity index (χ2v) is 4.16. The van der Waals surface area contributed by atoms with E-state index in [-0.39, 0.29) is 30.5 Å². The van der Waals surface area contributed by atoms with Crippen molar-refractivity contribution in [1.82, 2.24) is 0 Å². The van der Waals surface area contributed by atoms with Gasteiger partial charge >= 0.3 is 5.97 Å². The van der Waals surface area contributed by atoms with Gasteiger partial charge in [0.2, 0.25) is 6.79 Å². The maximum Gasteiger partial charge on any atom is 0.338 e. The lowest BCUT2D eigenvalue weighted by molar-refractivity contribution is -0.386. The fourth-order valence-corrected chi connectivity index (χ4v) is 1.87. The number of rotatable bonds is 5. The molecule has 1 aliphatic heterocycles. The van der Waals surface area contributed by atoms with Crippen LogP contribution in [0.1, 0.15) is 18.6 Å². The van der Waals surface area contributed by atoms with Crippen molar-refractivity contribution in [2.24, 2.45) is 0 Å². The van der Waals surface area contributed by atoms with E-state index >= 15 is 0 Å². The molecule has 0 aromatic heterocycles. The van der Waals surface area contributed by atoms with Gasteiger partial charge in [0.15, 0.2) is 17.6 Å². The first-order chi connectivity index (χ1) is 9.95. The lowest BCUT2D eigenvalue weighted by atomic mass is 10.0. The molecule has 2 N–H and O–H groups in total. The highest BCUT2D eigenvalue weighted by Gasteiger charge is 2.34. The van der Waals surface area contributed by atoms with Gasteiger partial charge in [0, 0.05) is 0 Å². The Morgan fingerprint density at radius 3 is 2.62 bits per heavy atom. The Bertz CT molecular complexity index is 573. The Morgan fingerprint density at radius 1 is 1.43 bits per heavy atom. The molecule has 1 heterocycles. The number of nitro groups is 1. The van der Waals surface area contributed by atoms with Crippen LogP contribution in [-0.4, -0.2) is 40.6 Å². The number of aliphatic hydroxyl groups excluding tert-OH is 2. The molecular formula is C12H13NO8. The number of esters is 1. The van der Waals surface area contributed by atoms with Gasteiger partial charge in [-0.05, 0) is 13.0 Å². The molecule has 21 heavy (non-hydrogen) atoms. The van der Waals surface area contributed by atoms with Gasteiger partial charge < -0.3 is 24.4 Å². The third kappa shape index (κ3) is 2.88. The average molecular weight is 299 g/mol. The van der Waals surface area contributed by atoms with Crippen molar-refractivity contribution in [1.29, 1.82) is 0 Å². The van der Waals surface area contributed by atoms with Gasteiger partial charge in [-0.1, -0.05) is 0 Å². The predicted octanol–water partition coefficient (Wildman–Crippen LogP) is 0.281. The van der Waals surface area contributed by atoms with Crippen LogP contribution in [0.2, 0.25) is 0 Å². The molecule has 1 aliphatic rings. The van der Waals surface area contributed by atoms with Crippen molar-refractivity contribution in [3.8, 4) is 11.5 Å². The number of fused-ring (bicyclic) bond motifs is 1. The van der Waals surface area contributed by atoms with Gasteiger partial charge in [0.05, 0.1) is 23.2 Å². The Balaban J connectivity index is 2.37. The number of ether oxygens (including phenoxy) is 3. The minimum absolute atomic E-state index is 0.00580. The molecule has 2 rings (SSSR count). The molecule has 0 fully saturated rings. The van der Waals surface area contributed by atoms with Crippen molar-refractivity contribution >= 4 is 11.7 Å². The van der Waals surface area contributed by atoms with E-state index in [0.29, 0.717) is 0 Å². The lowest BCUT2D eigenvalue weighted by Gasteiger charge is -2.17. The molecule has 9 heteroatoms. The number of benzene rings is 1. The molecule has 2 atom stereocenters. The summed E-state index contributed by atoms with van der Waals surface area (Å²) in [5.74, 6) is -0.731. The largest absolute Gasteiger partial charge is 0.464 e. The number of nitrogens with zero attached hydrogens (tertiary/aromatic N) is 1. The van der Waals surface area contributed by atoms with Gasteiger partial charge in [-0.2, -0.15) is 0 Å². The summed E-state index contributed by atoms with van der Waals surface area (Å²) >= 11 is 0. The fraction of sp³-hybridized carbons (Fsp3) is 0.417. The summed E-state index contributed by atoms with van der Waals surface area (Å²) in [6, 6.07) is 2.23. The third-order valence-electron chi connectivity index (χ3n) is 2.86. The number of hydrogen-bond acceptors (Lipinski definition) is 8. The molecule has 0 radical (unpaired) electrons. The summed E-state index contributed by atoms with van der Waals surface area (Å²) in [7, 11) is 0. The van der Waals surface area contributed by atoms with E-state index in [2.05, 4.69) is 4.74 Å². The molecule has 114 valence electrons. The lowest BCUT2D eigenvalue weighted by Crippen LogP contribution is -2.30. The molecule has 0 saturated carbocycles. The van der Waals surface area contributed by atoms with Crippen LogP contribution in [0.15, 0.2) is 12.1 Å². The molecule has 0 aliphatic carbocycles. The van der Waals surface area contributed by atoms with E-state index < -0.39 is 28.8 Å². The van der Waals surface area contributed by atoms with Crippen molar-refractivity contribution < 1.29 is 34.1 Å². The zero-order chi connectivity index (χ0) is 15.6. The number of nitro benzene ring substituents is 1. The zero-order valence-electron chi connectivity index (χ0n) is 11.0. The van der Waals surface area contributed by atoms with Crippen LogP contribution >= 0.6 is 0 Å². The van der Waals surface area contributed by atoms with Crippen LogP contribution in [0.25, 0.3) is 0 Å². The topological polar surface area (TPSA) is 128 Å². The monoisotopic (exact) mass is 299 g/mol. The van der Waals surface area contributed by atoms with E-state index in [1.54, 1.807) is 0 Å². The molecule has 0 spiro atoms. The van der Waals surface area contributed by atoms with Crippen LogP contribution in [-0.2, 0) is 9.53 Å². The van der Waals surface area contributed by atoms with E-state index in [1.807, 2.05) is 0 Å². The maximum absolute atomic E-state index is 11.4. The molecule has 0 saturated heterocycles. The second kappa shape index (κ2) is 5.94. The molecule has 0 amide bonds. The third-order valence-corrected chi connectivity index (χ3v) is 2.86. The highest BCUT2D eigenvalue weighted by Crippen LogP contribution is 2.40. The van der Waals surface area contributed by atoms with Gasteiger partial charge in [-0.15, -0.1) is 0 Å². The summed E-state index contributed by atoms with van der Waals surface area (Å²) in [5.41, 5.74) is -0.750. The molecule has 9 nitrogen and oxygen atoms in total. The zero-order valence-corrected chi connectivity index (χ0v) is 11.0. The van der Waals surface area contributed by atoms with Gasteiger partial charge in [0.25, 0.3) is 5.69 Å². The quantitative estimate of drug-likeness (QED) is 0.450. The average Bonchev–Trinajstić information content (AvgIpc) is 2.91. The number of hydrogen-bond donors (Lipinski definition) is 2. The summed E-state index contributed by atoms with van der Waals surface area (Å²) in [6.07, 6.45) is -3.76. The molecular weight excluding hydrogens is 286 g/mol. The maximum atomic E-state index is 11.4. The summed E-state index contributed by atoms with van der Waals surface area (Å²) < 4.78 is 14.6.